The molecular formula is C9H15NO2S. The van der Waals surface area contributed by atoms with E-state index in [0.29, 0.717) is 6.42 Å². The predicted molar refractivity (Wildman–Crippen MR) is 56.2 cm³/mol. The molecule has 3 nitrogen and oxygen atoms in total. The van der Waals surface area contributed by atoms with Gasteiger partial charge in [0.15, 0.2) is 0 Å². The summed E-state index contributed by atoms with van der Waals surface area (Å²) in [5, 5.41) is 1.71. The Bertz CT molecular complexity index is 214. The van der Waals surface area contributed by atoms with Gasteiger partial charge in [-0.15, -0.1) is 11.8 Å². The second-order valence-electron chi connectivity index (χ2n) is 2.37. The first-order valence-corrected chi connectivity index (χ1v) is 4.79. The maximum Gasteiger partial charge on any atom is 0.322 e. The fourth-order valence-corrected chi connectivity index (χ4v) is 1.42. The summed E-state index contributed by atoms with van der Waals surface area (Å²) in [5.74, 6) is -0.385. The van der Waals surface area contributed by atoms with Crippen molar-refractivity contribution < 1.29 is 9.53 Å². The molecule has 0 fully saturated rings. The van der Waals surface area contributed by atoms with Gasteiger partial charge in [-0.3, -0.25) is 4.79 Å². The van der Waals surface area contributed by atoms with Crippen molar-refractivity contribution in [2.75, 3.05) is 7.11 Å². The molecule has 0 amide bonds. The van der Waals surface area contributed by atoms with Crippen LogP contribution in [0.5, 0.6) is 0 Å². The Kier molecular flexibility index (Phi) is 6.36. The van der Waals surface area contributed by atoms with Crippen molar-refractivity contribution in [1.82, 2.24) is 0 Å². The van der Waals surface area contributed by atoms with Gasteiger partial charge in [0.2, 0.25) is 0 Å². The van der Waals surface area contributed by atoms with Gasteiger partial charge in [-0.25, -0.2) is 0 Å². The molecule has 1 atom stereocenters. The zero-order chi connectivity index (χ0) is 10.3. The van der Waals surface area contributed by atoms with Gasteiger partial charge in [-0.05, 0) is 17.2 Å². The van der Waals surface area contributed by atoms with E-state index in [2.05, 4.69) is 11.3 Å². The third-order valence-corrected chi connectivity index (χ3v) is 2.35. The van der Waals surface area contributed by atoms with E-state index in [9.17, 15) is 4.79 Å². The van der Waals surface area contributed by atoms with Gasteiger partial charge in [0, 0.05) is 6.42 Å². The first-order chi connectivity index (χ1) is 6.15. The van der Waals surface area contributed by atoms with Crippen molar-refractivity contribution in [2.24, 2.45) is 5.73 Å². The van der Waals surface area contributed by atoms with Crippen LogP contribution in [0.1, 0.15) is 13.3 Å². The van der Waals surface area contributed by atoms with Crippen molar-refractivity contribution in [1.29, 1.82) is 0 Å². The van der Waals surface area contributed by atoms with Crippen LogP contribution in [0.2, 0.25) is 0 Å². The highest BCUT2D eigenvalue weighted by Gasteiger charge is 2.14. The standard InChI is InChI=1S/C9H15NO2S/c1-4-7(13-5-2)6-8(10)9(11)12-3/h4-5,8H,2,6,10H2,1,3H3/b7-4-/t8-/m1/s1. The molecule has 0 aromatic rings. The first-order valence-electron chi connectivity index (χ1n) is 3.91. The van der Waals surface area contributed by atoms with E-state index in [1.165, 1.54) is 18.9 Å². The Morgan fingerprint density at radius 1 is 1.77 bits per heavy atom. The van der Waals surface area contributed by atoms with E-state index in [-0.39, 0.29) is 5.97 Å². The normalized spacial score (nSPS) is 13.6. The molecule has 0 aliphatic heterocycles. The lowest BCUT2D eigenvalue weighted by Gasteiger charge is -2.09. The van der Waals surface area contributed by atoms with E-state index in [1.54, 1.807) is 5.41 Å². The molecule has 0 rings (SSSR count). The summed E-state index contributed by atoms with van der Waals surface area (Å²) < 4.78 is 4.51. The Morgan fingerprint density at radius 3 is 2.77 bits per heavy atom. The third-order valence-electron chi connectivity index (χ3n) is 1.48. The van der Waals surface area contributed by atoms with Crippen molar-refractivity contribution in [3.63, 3.8) is 0 Å². The van der Waals surface area contributed by atoms with Crippen molar-refractivity contribution >= 4 is 17.7 Å². The van der Waals surface area contributed by atoms with Crippen LogP contribution in [-0.2, 0) is 9.53 Å². The van der Waals surface area contributed by atoms with Gasteiger partial charge in [0.05, 0.1) is 7.11 Å². The average Bonchev–Trinajstić information content (AvgIpc) is 2.15. The van der Waals surface area contributed by atoms with Gasteiger partial charge >= 0.3 is 5.97 Å². The van der Waals surface area contributed by atoms with Crippen molar-refractivity contribution in [3.8, 4) is 0 Å². The quantitative estimate of drug-likeness (QED) is 0.687. The minimum Gasteiger partial charge on any atom is -0.468 e. The zero-order valence-electron chi connectivity index (χ0n) is 7.95. The van der Waals surface area contributed by atoms with E-state index in [0.717, 1.165) is 4.91 Å². The van der Waals surface area contributed by atoms with Gasteiger partial charge in [0.25, 0.3) is 0 Å². The second kappa shape index (κ2) is 6.74. The molecule has 0 unspecified atom stereocenters. The molecule has 0 bridgehead atoms. The van der Waals surface area contributed by atoms with Crippen LogP contribution < -0.4 is 5.73 Å². The number of hydrogen-bond acceptors (Lipinski definition) is 4. The van der Waals surface area contributed by atoms with Crippen LogP contribution in [0.25, 0.3) is 0 Å². The smallest absolute Gasteiger partial charge is 0.322 e. The zero-order valence-corrected chi connectivity index (χ0v) is 8.76. The fraction of sp³-hybridized carbons (Fsp3) is 0.444. The van der Waals surface area contributed by atoms with Crippen LogP contribution in [-0.4, -0.2) is 19.1 Å². The number of rotatable bonds is 5. The number of allylic oxidation sites excluding steroid dienone is 1. The molecular weight excluding hydrogens is 186 g/mol. The molecule has 0 heterocycles. The summed E-state index contributed by atoms with van der Waals surface area (Å²) in [7, 11) is 1.33. The van der Waals surface area contributed by atoms with Crippen molar-refractivity contribution in [3.05, 3.63) is 23.0 Å². The highest BCUT2D eigenvalue weighted by atomic mass is 32.2. The SMILES string of the molecule is C=CS/C(=C\C)C[C@@H](N)C(=O)OC. The second-order valence-corrected chi connectivity index (χ2v) is 3.47. The molecule has 0 saturated heterocycles. The minimum absolute atomic E-state index is 0.385. The lowest BCUT2D eigenvalue weighted by molar-refractivity contribution is -0.142. The number of nitrogens with two attached hydrogens (primary N) is 1. The lowest BCUT2D eigenvalue weighted by Crippen LogP contribution is -2.31. The van der Waals surface area contributed by atoms with Gasteiger partial charge in [0.1, 0.15) is 6.04 Å². The average molecular weight is 201 g/mol. The number of carbonyl (C=O) groups is 1. The molecule has 2 N–H and O–H groups in total. The molecule has 0 aliphatic carbocycles. The van der Waals surface area contributed by atoms with Crippen molar-refractivity contribution in [2.45, 2.75) is 19.4 Å². The van der Waals surface area contributed by atoms with Gasteiger partial charge in [-0.1, -0.05) is 12.7 Å². The van der Waals surface area contributed by atoms with Crippen LogP contribution in [0, 0.1) is 0 Å². The molecule has 0 radical (unpaired) electrons. The Hall–Kier alpha value is -0.740. The van der Waals surface area contributed by atoms with Crippen LogP contribution >= 0.6 is 11.8 Å². The lowest BCUT2D eigenvalue weighted by atomic mass is 10.2. The van der Waals surface area contributed by atoms with E-state index in [4.69, 9.17) is 5.73 Å². The summed E-state index contributed by atoms with van der Waals surface area (Å²) in [5.41, 5.74) is 5.57. The van der Waals surface area contributed by atoms with E-state index in [1.807, 2.05) is 13.0 Å². The number of hydrogen-bond donors (Lipinski definition) is 1. The summed E-state index contributed by atoms with van der Waals surface area (Å²) in [4.78, 5) is 12.0. The number of ether oxygens (including phenoxy) is 1. The maximum absolute atomic E-state index is 11.0. The summed E-state index contributed by atoms with van der Waals surface area (Å²) in [6.45, 7) is 5.48. The highest BCUT2D eigenvalue weighted by Crippen LogP contribution is 2.20. The molecule has 0 saturated carbocycles. The monoisotopic (exact) mass is 201 g/mol. The number of thioether (sulfide) groups is 1. The summed E-state index contributed by atoms with van der Waals surface area (Å²) >= 11 is 1.47. The largest absolute Gasteiger partial charge is 0.468 e. The maximum atomic E-state index is 11.0. The predicted octanol–water partition coefficient (Wildman–Crippen LogP) is 1.66. The van der Waals surface area contributed by atoms with E-state index < -0.39 is 6.04 Å². The molecule has 0 aromatic carbocycles. The summed E-state index contributed by atoms with van der Waals surface area (Å²) in [6, 6.07) is -0.580. The Labute approximate surface area is 83.0 Å². The Morgan fingerprint density at radius 2 is 2.38 bits per heavy atom. The molecule has 4 heteroatoms. The van der Waals surface area contributed by atoms with Crippen LogP contribution in [0.15, 0.2) is 23.0 Å². The number of esters is 1. The highest BCUT2D eigenvalue weighted by molar-refractivity contribution is 8.05. The molecule has 0 aromatic heterocycles. The third kappa shape index (κ3) is 4.75. The molecule has 0 aliphatic rings. The van der Waals surface area contributed by atoms with E-state index >= 15 is 0 Å². The molecule has 74 valence electrons. The fourth-order valence-electron chi connectivity index (χ4n) is 0.792. The topological polar surface area (TPSA) is 52.3 Å². The molecule has 13 heavy (non-hydrogen) atoms. The van der Waals surface area contributed by atoms with Crippen LogP contribution in [0.4, 0.5) is 0 Å². The Balaban J connectivity index is 4.08. The first kappa shape index (κ1) is 12.3. The number of methoxy groups -OCH3 is 1. The van der Waals surface area contributed by atoms with Gasteiger partial charge < -0.3 is 10.5 Å². The van der Waals surface area contributed by atoms with Crippen LogP contribution in [0.3, 0.4) is 0 Å². The number of carbonyl (C=O) groups excluding carboxylic acids is 1. The summed E-state index contributed by atoms with van der Waals surface area (Å²) in [6.07, 6.45) is 2.41. The van der Waals surface area contributed by atoms with Gasteiger partial charge in [-0.2, -0.15) is 0 Å². The molecule has 0 spiro atoms. The minimum atomic E-state index is -0.580.